The molecule has 0 saturated carbocycles. The zero-order chi connectivity index (χ0) is 13.3. The number of allylic oxidation sites excluding steroid dienone is 4. The molecular weight excluding hydrogens is 379 g/mol. The van der Waals surface area contributed by atoms with Gasteiger partial charge in [-0.05, 0) is 46.3 Å². The van der Waals surface area contributed by atoms with Gasteiger partial charge in [0.1, 0.15) is 0 Å². The van der Waals surface area contributed by atoms with E-state index in [1.54, 1.807) is 26.0 Å². The van der Waals surface area contributed by atoms with Crippen LogP contribution in [0.5, 0.6) is 0 Å². The summed E-state index contributed by atoms with van der Waals surface area (Å²) in [5.41, 5.74) is 1.63. The van der Waals surface area contributed by atoms with E-state index in [0.29, 0.717) is 13.1 Å². The van der Waals surface area contributed by atoms with Crippen LogP contribution < -0.4 is 17.0 Å². The van der Waals surface area contributed by atoms with Crippen LogP contribution in [0.2, 0.25) is 0 Å². The second-order valence-electron chi connectivity index (χ2n) is 3.97. The fraction of sp³-hybridized carbons (Fsp3) is 0.467. The first-order chi connectivity index (χ1) is 7.91. The summed E-state index contributed by atoms with van der Waals surface area (Å²) in [5.74, 6) is 0.535. The molecule has 6 heteroatoms. The third-order valence-electron chi connectivity index (χ3n) is 1.87. The smallest absolute Gasteiger partial charge is 1.00 e. The Morgan fingerprint density at radius 3 is 1.33 bits per heavy atom. The Morgan fingerprint density at radius 2 is 1.10 bits per heavy atom. The largest absolute Gasteiger partial charge is 2.00 e. The van der Waals surface area contributed by atoms with Crippen molar-refractivity contribution in [3.8, 4) is 0 Å². The van der Waals surface area contributed by atoms with E-state index in [1.807, 2.05) is 13.8 Å². The molecule has 4 nitrogen and oxygen atoms in total. The average Bonchev–Trinajstić information content (AvgIpc) is 2.14. The SMILES string of the molecule is CC(O)=CC(C)=NCCCN=C(C)C=C(C)O.[Br-].[CH3-].[CH3-].[Co+2]. The Kier molecular flexibility index (Phi) is 29.9. The molecule has 0 aliphatic rings. The molecule has 21 heavy (non-hydrogen) atoms. The number of hydrogen-bond acceptors (Lipinski definition) is 4. The van der Waals surface area contributed by atoms with E-state index in [4.69, 9.17) is 10.2 Å². The molecule has 0 aromatic rings. The number of rotatable bonds is 6. The van der Waals surface area contributed by atoms with Crippen molar-refractivity contribution < 1.29 is 44.0 Å². The van der Waals surface area contributed by atoms with Gasteiger partial charge < -0.3 is 42.0 Å². The summed E-state index contributed by atoms with van der Waals surface area (Å²) >= 11 is 0. The van der Waals surface area contributed by atoms with Gasteiger partial charge in [0.05, 0.1) is 11.5 Å². The van der Waals surface area contributed by atoms with Crippen molar-refractivity contribution in [3.05, 3.63) is 38.5 Å². The first-order valence-corrected chi connectivity index (χ1v) is 5.68. The number of hydrogen-bond donors (Lipinski definition) is 2. The Hall–Kier alpha value is -0.594. The van der Waals surface area contributed by atoms with Crippen LogP contribution in [0.15, 0.2) is 33.7 Å². The number of aliphatic imine (C=N–C) groups is 2. The van der Waals surface area contributed by atoms with Crippen LogP contribution in [-0.2, 0) is 16.8 Å². The second kappa shape index (κ2) is 19.4. The molecule has 1 radical (unpaired) electrons. The minimum Gasteiger partial charge on any atom is -1.00 e. The summed E-state index contributed by atoms with van der Waals surface area (Å²) in [6.45, 7) is 8.33. The maximum absolute atomic E-state index is 9.01. The molecular formula is C15H28BrCoN2O2-. The summed E-state index contributed by atoms with van der Waals surface area (Å²) in [7, 11) is 0. The van der Waals surface area contributed by atoms with Gasteiger partial charge in [-0.25, -0.2) is 0 Å². The van der Waals surface area contributed by atoms with E-state index in [2.05, 4.69) is 9.98 Å². The van der Waals surface area contributed by atoms with Crippen molar-refractivity contribution >= 4 is 11.4 Å². The average molecular weight is 407 g/mol. The van der Waals surface area contributed by atoms with Crippen LogP contribution in [0, 0.1) is 14.9 Å². The fourth-order valence-corrected chi connectivity index (χ4v) is 1.28. The van der Waals surface area contributed by atoms with Gasteiger partial charge in [0.25, 0.3) is 0 Å². The molecule has 0 saturated heterocycles. The standard InChI is InChI=1S/C13H22N2O2.2CH3.BrH.Co/c1-10(8-12(3)16)14-6-5-7-15-11(2)9-13(4)17;;;;/h8-9,16-17H,5-7H2,1-4H3;2*1H3;1H;/q;2*-1;;+2/p-1. The molecule has 0 aliphatic heterocycles. The minimum absolute atomic E-state index is 0. The van der Waals surface area contributed by atoms with Crippen LogP contribution >= 0.6 is 0 Å². The predicted octanol–water partition coefficient (Wildman–Crippen LogP) is 1.12. The van der Waals surface area contributed by atoms with Crippen LogP contribution in [0.1, 0.15) is 34.1 Å². The van der Waals surface area contributed by atoms with Crippen molar-refractivity contribution in [1.82, 2.24) is 0 Å². The van der Waals surface area contributed by atoms with E-state index in [-0.39, 0.29) is 60.1 Å². The molecule has 0 rings (SSSR count). The molecule has 0 fully saturated rings. The topological polar surface area (TPSA) is 65.2 Å². The first-order valence-electron chi connectivity index (χ1n) is 5.68. The van der Waals surface area contributed by atoms with Crippen molar-refractivity contribution in [1.29, 1.82) is 0 Å². The van der Waals surface area contributed by atoms with Gasteiger partial charge in [-0.1, -0.05) is 0 Å². The van der Waals surface area contributed by atoms with Crippen molar-refractivity contribution in [2.45, 2.75) is 34.1 Å². The molecule has 0 heterocycles. The van der Waals surface area contributed by atoms with Crippen molar-refractivity contribution in [2.24, 2.45) is 9.98 Å². The summed E-state index contributed by atoms with van der Waals surface area (Å²) in [5, 5.41) is 18.0. The van der Waals surface area contributed by atoms with Gasteiger partial charge in [0.15, 0.2) is 0 Å². The van der Waals surface area contributed by atoms with E-state index in [0.717, 1.165) is 17.8 Å². The van der Waals surface area contributed by atoms with Gasteiger partial charge in [-0.3, -0.25) is 9.98 Å². The van der Waals surface area contributed by atoms with Gasteiger partial charge in [-0.15, -0.1) is 0 Å². The second-order valence-corrected chi connectivity index (χ2v) is 3.97. The summed E-state index contributed by atoms with van der Waals surface area (Å²) < 4.78 is 0. The van der Waals surface area contributed by atoms with Crippen LogP contribution in [0.25, 0.3) is 0 Å². The summed E-state index contributed by atoms with van der Waals surface area (Å²) in [6, 6.07) is 0. The first kappa shape index (κ1) is 32.4. The molecule has 0 aliphatic carbocycles. The van der Waals surface area contributed by atoms with Crippen molar-refractivity contribution in [2.75, 3.05) is 13.1 Å². The fourth-order valence-electron chi connectivity index (χ4n) is 1.28. The Labute approximate surface area is 151 Å². The molecule has 0 aromatic heterocycles. The maximum Gasteiger partial charge on any atom is 2.00 e. The Balaban J connectivity index is -0.000000213. The van der Waals surface area contributed by atoms with E-state index in [9.17, 15) is 0 Å². The zero-order valence-corrected chi connectivity index (χ0v) is 16.4. The van der Waals surface area contributed by atoms with Crippen LogP contribution in [0.3, 0.4) is 0 Å². The molecule has 0 amide bonds. The Bertz CT molecular complexity index is 323. The molecule has 0 bridgehead atoms. The quantitative estimate of drug-likeness (QED) is 0.300. The van der Waals surface area contributed by atoms with E-state index >= 15 is 0 Å². The number of nitrogens with zero attached hydrogens (tertiary/aromatic N) is 2. The molecule has 0 atom stereocenters. The van der Waals surface area contributed by atoms with Gasteiger partial charge >= 0.3 is 16.8 Å². The molecule has 0 spiro atoms. The monoisotopic (exact) mass is 406 g/mol. The number of halogens is 1. The van der Waals surface area contributed by atoms with E-state index in [1.165, 1.54) is 0 Å². The van der Waals surface area contributed by atoms with Gasteiger partial charge in [0.2, 0.25) is 0 Å². The van der Waals surface area contributed by atoms with E-state index < -0.39 is 0 Å². The zero-order valence-electron chi connectivity index (χ0n) is 13.8. The minimum atomic E-state index is 0. The maximum atomic E-state index is 9.01. The molecule has 0 unspecified atom stereocenters. The summed E-state index contributed by atoms with van der Waals surface area (Å²) in [4.78, 5) is 8.54. The summed E-state index contributed by atoms with van der Waals surface area (Å²) in [6.07, 6.45) is 4.12. The van der Waals surface area contributed by atoms with Crippen LogP contribution in [-0.4, -0.2) is 34.7 Å². The predicted molar refractivity (Wildman–Crippen MR) is 86.2 cm³/mol. The third-order valence-corrected chi connectivity index (χ3v) is 1.87. The molecule has 127 valence electrons. The third kappa shape index (κ3) is 24.8. The van der Waals surface area contributed by atoms with Crippen molar-refractivity contribution in [3.63, 3.8) is 0 Å². The van der Waals surface area contributed by atoms with Gasteiger partial charge in [-0.2, -0.15) is 0 Å². The number of aliphatic hydroxyl groups is 2. The molecule has 0 aromatic carbocycles. The normalized spacial score (nSPS) is 12.4. The molecule has 2 N–H and O–H groups in total. The Morgan fingerprint density at radius 1 is 0.810 bits per heavy atom. The number of aliphatic hydroxyl groups excluding tert-OH is 2. The van der Waals surface area contributed by atoms with Crippen LogP contribution in [0.4, 0.5) is 0 Å². The van der Waals surface area contributed by atoms with Gasteiger partial charge in [0, 0.05) is 24.5 Å².